The highest BCUT2D eigenvalue weighted by Gasteiger charge is 2.03. The van der Waals surface area contributed by atoms with Gasteiger partial charge in [0, 0.05) is 6.07 Å². The minimum atomic E-state index is -1.10. The van der Waals surface area contributed by atoms with Gasteiger partial charge in [0.1, 0.15) is 6.26 Å². The molecule has 30 heavy (non-hydrogen) atoms. The molecule has 0 spiro atoms. The second-order valence-corrected chi connectivity index (χ2v) is 7.82. The van der Waals surface area contributed by atoms with Gasteiger partial charge in [-0.1, -0.05) is 58.8 Å². The van der Waals surface area contributed by atoms with Gasteiger partial charge in [-0.3, -0.25) is 9.59 Å². The first kappa shape index (κ1) is 28.4. The van der Waals surface area contributed by atoms with Crippen LogP contribution in [0.15, 0.2) is 38.0 Å². The molecule has 2 heterocycles. The van der Waals surface area contributed by atoms with Crippen molar-refractivity contribution in [3.63, 3.8) is 0 Å². The highest BCUT2D eigenvalue weighted by molar-refractivity contribution is 9.10. The van der Waals surface area contributed by atoms with Gasteiger partial charge < -0.3 is 18.9 Å². The predicted molar refractivity (Wildman–Crippen MR) is 123 cm³/mol. The number of hydrogen-bond donors (Lipinski definition) is 2. The smallest absolute Gasteiger partial charge is 0.451 e. The van der Waals surface area contributed by atoms with Gasteiger partial charge in [-0.15, -0.1) is 0 Å². The molecule has 0 aliphatic rings. The van der Waals surface area contributed by atoms with Crippen molar-refractivity contribution in [1.29, 1.82) is 0 Å². The van der Waals surface area contributed by atoms with E-state index in [1.54, 1.807) is 12.3 Å². The fourth-order valence-electron chi connectivity index (χ4n) is 2.49. The second-order valence-electron chi connectivity index (χ2n) is 6.90. The molecule has 0 saturated heterocycles. The molecular weight excluding hydrogens is 451 g/mol. The molecule has 2 rings (SSSR count). The van der Waals surface area contributed by atoms with E-state index in [0.29, 0.717) is 24.1 Å². The lowest BCUT2D eigenvalue weighted by Crippen LogP contribution is -2.09. The fourth-order valence-corrected chi connectivity index (χ4v) is 2.81. The predicted octanol–water partition coefficient (Wildman–Crippen LogP) is 6.11. The van der Waals surface area contributed by atoms with E-state index < -0.39 is 7.12 Å². The lowest BCUT2D eigenvalue weighted by molar-refractivity contribution is 0.109. The van der Waals surface area contributed by atoms with Crippen LogP contribution in [0.25, 0.3) is 0 Å². The summed E-state index contributed by atoms with van der Waals surface area (Å²) >= 11 is 3.12. The Morgan fingerprint density at radius 2 is 1.43 bits per heavy atom. The largest absolute Gasteiger partial charge is 0.461 e. The lowest BCUT2D eigenvalue weighted by Gasteiger charge is -1.96. The number of carbonyl (C=O) groups excluding carboxylic acids is 2. The molecular formula is C22H34BBrO6. The minimum Gasteiger partial charge on any atom is -0.461 e. The van der Waals surface area contributed by atoms with Crippen LogP contribution < -0.4 is 0 Å². The number of halogens is 1. The number of aldehydes is 2. The molecule has 0 aliphatic carbocycles. The van der Waals surface area contributed by atoms with E-state index in [2.05, 4.69) is 29.8 Å². The van der Waals surface area contributed by atoms with Crippen LogP contribution in [-0.2, 0) is 6.42 Å². The Morgan fingerprint density at radius 3 is 1.87 bits per heavy atom. The summed E-state index contributed by atoms with van der Waals surface area (Å²) in [5.74, 6) is 0.780. The van der Waals surface area contributed by atoms with Gasteiger partial charge in [-0.05, 0) is 46.7 Å². The van der Waals surface area contributed by atoms with Crippen molar-refractivity contribution in [2.75, 3.05) is 0 Å². The Morgan fingerprint density at radius 1 is 0.867 bits per heavy atom. The summed E-state index contributed by atoms with van der Waals surface area (Å²) < 4.78 is 10.5. The van der Waals surface area contributed by atoms with Gasteiger partial charge in [0.05, 0.1) is 10.7 Å². The van der Waals surface area contributed by atoms with Gasteiger partial charge >= 0.3 is 7.12 Å². The zero-order chi connectivity index (χ0) is 22.6. The summed E-state index contributed by atoms with van der Waals surface area (Å²) in [4.78, 5) is 20.2. The van der Waals surface area contributed by atoms with E-state index in [0.717, 1.165) is 35.6 Å². The molecule has 0 fully saturated rings. The average molecular weight is 485 g/mol. The zero-order valence-corrected chi connectivity index (χ0v) is 19.6. The van der Waals surface area contributed by atoms with Gasteiger partial charge in [-0.2, -0.15) is 0 Å². The number of carbonyl (C=O) groups is 2. The summed E-state index contributed by atoms with van der Waals surface area (Å²) in [5, 5.41) is 16.8. The Labute approximate surface area is 188 Å². The molecule has 8 heteroatoms. The first-order valence-corrected chi connectivity index (χ1v) is 11.3. The molecule has 0 radical (unpaired) electrons. The maximum Gasteiger partial charge on any atom is 0.451 e. The highest BCUT2D eigenvalue weighted by Crippen LogP contribution is 2.12. The molecule has 0 aliphatic heterocycles. The van der Waals surface area contributed by atoms with Crippen LogP contribution in [0.1, 0.15) is 91.9 Å². The van der Waals surface area contributed by atoms with Crippen LogP contribution in [0.4, 0.5) is 0 Å². The number of rotatable bonds is 12. The van der Waals surface area contributed by atoms with Gasteiger partial charge in [0.2, 0.25) is 0 Å². The molecule has 168 valence electrons. The Hall–Kier alpha value is -1.64. The molecule has 0 aromatic carbocycles. The number of furan rings is 2. The summed E-state index contributed by atoms with van der Waals surface area (Å²) in [7, 11) is -1.10. The lowest BCUT2D eigenvalue weighted by atomic mass is 9.83. The minimum absolute atomic E-state index is 0.344. The third kappa shape index (κ3) is 16.2. The molecule has 0 atom stereocenters. The quantitative estimate of drug-likeness (QED) is 0.214. The molecule has 0 unspecified atom stereocenters. The van der Waals surface area contributed by atoms with E-state index in [9.17, 15) is 9.59 Å². The number of unbranched alkanes of at least 4 members (excludes halogenated alkanes) is 6. The van der Waals surface area contributed by atoms with E-state index >= 15 is 0 Å². The topological polar surface area (TPSA) is 101 Å². The number of aryl methyl sites for hydroxylation is 1. The van der Waals surface area contributed by atoms with Crippen molar-refractivity contribution >= 4 is 35.6 Å². The van der Waals surface area contributed by atoms with Crippen LogP contribution in [0, 0.1) is 0 Å². The van der Waals surface area contributed by atoms with Crippen LogP contribution in [0.5, 0.6) is 0 Å². The molecule has 2 N–H and O–H groups in total. The molecule has 2 aromatic heterocycles. The Kier molecular flexibility index (Phi) is 18.3. The maximum atomic E-state index is 10.3. The molecule has 0 amide bonds. The summed E-state index contributed by atoms with van der Waals surface area (Å²) in [6.07, 6.45) is 15.5. The van der Waals surface area contributed by atoms with E-state index in [4.69, 9.17) is 18.9 Å². The fraction of sp³-hybridized carbons (Fsp3) is 0.545. The SMILES string of the molecule is CCCCCCB(O)O.CCCCCCc1coc(C=O)c1.O=Cc1cc(Br)co1. The molecule has 2 aromatic rings. The van der Waals surface area contributed by atoms with E-state index in [1.165, 1.54) is 44.8 Å². The van der Waals surface area contributed by atoms with Crippen molar-refractivity contribution in [3.8, 4) is 0 Å². The van der Waals surface area contributed by atoms with Crippen LogP contribution in [0.2, 0.25) is 6.32 Å². The maximum absolute atomic E-state index is 10.3. The average Bonchev–Trinajstić information content (AvgIpc) is 3.38. The summed E-state index contributed by atoms with van der Waals surface area (Å²) in [5.41, 5.74) is 1.14. The van der Waals surface area contributed by atoms with E-state index in [-0.39, 0.29) is 0 Å². The zero-order valence-electron chi connectivity index (χ0n) is 18.0. The van der Waals surface area contributed by atoms with Crippen molar-refractivity contribution in [1.82, 2.24) is 0 Å². The second kappa shape index (κ2) is 19.3. The summed E-state index contributed by atoms with van der Waals surface area (Å²) in [6, 6.07) is 3.42. The van der Waals surface area contributed by atoms with Crippen LogP contribution >= 0.6 is 15.9 Å². The van der Waals surface area contributed by atoms with Crippen molar-refractivity contribution in [2.45, 2.75) is 78.0 Å². The monoisotopic (exact) mass is 484 g/mol. The van der Waals surface area contributed by atoms with Crippen molar-refractivity contribution < 1.29 is 28.5 Å². The van der Waals surface area contributed by atoms with Crippen molar-refractivity contribution in [3.05, 3.63) is 46.2 Å². The van der Waals surface area contributed by atoms with Crippen molar-refractivity contribution in [2.24, 2.45) is 0 Å². The molecule has 0 saturated carbocycles. The highest BCUT2D eigenvalue weighted by atomic mass is 79.9. The standard InChI is InChI=1S/C11H16O2.C6H15BO2.C5H3BrO2/c1-2-3-4-5-6-10-7-11(8-12)13-9-10;1-2-3-4-5-6-7(8)9;6-4-1-5(2-7)8-3-4/h7-9H,2-6H2,1H3;8-9H,2-6H2,1H3;1-3H. The third-order valence-corrected chi connectivity index (χ3v) is 4.54. The van der Waals surface area contributed by atoms with Gasteiger partial charge in [0.25, 0.3) is 0 Å². The summed E-state index contributed by atoms with van der Waals surface area (Å²) in [6.45, 7) is 4.33. The Bertz CT molecular complexity index is 668. The van der Waals surface area contributed by atoms with Crippen LogP contribution in [-0.4, -0.2) is 29.7 Å². The normalized spacial score (nSPS) is 9.77. The first-order valence-electron chi connectivity index (χ1n) is 10.5. The van der Waals surface area contributed by atoms with Gasteiger partial charge in [0.15, 0.2) is 24.1 Å². The van der Waals surface area contributed by atoms with Gasteiger partial charge in [-0.25, -0.2) is 0 Å². The van der Waals surface area contributed by atoms with E-state index in [1.807, 2.05) is 6.07 Å². The molecule has 0 bridgehead atoms. The van der Waals surface area contributed by atoms with Crippen LogP contribution in [0.3, 0.4) is 0 Å². The Balaban J connectivity index is 0.000000438. The third-order valence-electron chi connectivity index (χ3n) is 4.13. The molecule has 6 nitrogen and oxygen atoms in total. The first-order chi connectivity index (χ1) is 14.5. The number of hydrogen-bond acceptors (Lipinski definition) is 6.